The lowest BCUT2D eigenvalue weighted by molar-refractivity contribution is -0.169. The molecule has 1 aliphatic rings. The normalized spacial score (nSPS) is 22.1. The van der Waals surface area contributed by atoms with Gasteiger partial charge in [0.15, 0.2) is 0 Å². The van der Waals surface area contributed by atoms with Gasteiger partial charge in [0, 0.05) is 5.56 Å². The van der Waals surface area contributed by atoms with E-state index in [4.69, 9.17) is 4.74 Å². The molecule has 0 radical (unpaired) electrons. The Kier molecular flexibility index (Phi) is 3.61. The molecule has 0 aliphatic carbocycles. The van der Waals surface area contributed by atoms with Gasteiger partial charge in [0.1, 0.15) is 18.0 Å². The van der Waals surface area contributed by atoms with Gasteiger partial charge in [-0.05, 0) is 32.9 Å². The Morgan fingerprint density at radius 3 is 2.43 bits per heavy atom. The first-order valence-electron chi connectivity index (χ1n) is 6.30. The highest BCUT2D eigenvalue weighted by Gasteiger charge is 2.53. The minimum Gasteiger partial charge on any atom is -0.442 e. The van der Waals surface area contributed by atoms with Gasteiger partial charge in [0.2, 0.25) is 0 Å². The molecule has 7 heteroatoms. The van der Waals surface area contributed by atoms with Crippen LogP contribution in [-0.2, 0) is 20.0 Å². The summed E-state index contributed by atoms with van der Waals surface area (Å²) in [7, 11) is 0. The van der Waals surface area contributed by atoms with Gasteiger partial charge < -0.3 is 9.57 Å². The van der Waals surface area contributed by atoms with Crippen molar-refractivity contribution in [1.82, 2.24) is 5.06 Å². The zero-order valence-corrected chi connectivity index (χ0v) is 11.9. The number of carbonyl (C=O) groups is 2. The number of carbonyl (C=O) groups excluding carboxylic acids is 2. The van der Waals surface area contributed by atoms with Crippen LogP contribution in [0.25, 0.3) is 0 Å². The predicted molar refractivity (Wildman–Crippen MR) is 68.2 cm³/mol. The Bertz CT molecular complexity index is 567. The van der Waals surface area contributed by atoms with Crippen LogP contribution < -0.4 is 0 Å². The average molecular weight is 299 g/mol. The van der Waals surface area contributed by atoms with Crippen LogP contribution in [0.2, 0.25) is 0 Å². The molecule has 5 nitrogen and oxygen atoms in total. The Morgan fingerprint density at radius 2 is 1.90 bits per heavy atom. The van der Waals surface area contributed by atoms with Crippen LogP contribution in [0, 0.1) is 5.82 Å². The van der Waals surface area contributed by atoms with Gasteiger partial charge in [-0.15, -0.1) is 5.06 Å². The van der Waals surface area contributed by atoms with Crippen molar-refractivity contribution in [2.24, 2.45) is 0 Å². The number of hydrogen-bond donors (Lipinski definition) is 0. The van der Waals surface area contributed by atoms with Crippen LogP contribution in [0.4, 0.5) is 13.6 Å². The minimum absolute atomic E-state index is 0.0834. The van der Waals surface area contributed by atoms with Gasteiger partial charge in [-0.2, -0.15) is 0 Å². The van der Waals surface area contributed by atoms with E-state index in [-0.39, 0.29) is 5.56 Å². The van der Waals surface area contributed by atoms with Crippen molar-refractivity contribution in [3.05, 3.63) is 35.6 Å². The molecule has 1 atom stereocenters. The van der Waals surface area contributed by atoms with Crippen molar-refractivity contribution in [2.75, 3.05) is 6.54 Å². The van der Waals surface area contributed by atoms with Crippen LogP contribution in [0.1, 0.15) is 26.3 Å². The highest BCUT2D eigenvalue weighted by molar-refractivity contribution is 5.86. The van der Waals surface area contributed by atoms with Gasteiger partial charge >= 0.3 is 12.1 Å². The van der Waals surface area contributed by atoms with E-state index in [0.29, 0.717) is 5.06 Å². The van der Waals surface area contributed by atoms with E-state index in [0.717, 1.165) is 24.3 Å². The van der Waals surface area contributed by atoms with Crippen LogP contribution in [0.5, 0.6) is 0 Å². The number of rotatable bonds is 1. The van der Waals surface area contributed by atoms with Crippen molar-refractivity contribution in [1.29, 1.82) is 0 Å². The summed E-state index contributed by atoms with van der Waals surface area (Å²) in [5.74, 6) is -1.79. The Morgan fingerprint density at radius 1 is 1.33 bits per heavy atom. The molecule has 2 rings (SSSR count). The summed E-state index contributed by atoms with van der Waals surface area (Å²) >= 11 is 0. The van der Waals surface area contributed by atoms with E-state index in [2.05, 4.69) is 4.84 Å². The summed E-state index contributed by atoms with van der Waals surface area (Å²) in [5, 5.41) is 0.525. The Labute approximate surface area is 120 Å². The first kappa shape index (κ1) is 15.2. The number of amides is 1. The highest BCUT2D eigenvalue weighted by atomic mass is 19.1. The van der Waals surface area contributed by atoms with Crippen molar-refractivity contribution in [3.63, 3.8) is 0 Å². The summed E-state index contributed by atoms with van der Waals surface area (Å²) in [6.07, 6.45) is -0.961. The van der Waals surface area contributed by atoms with Crippen molar-refractivity contribution in [2.45, 2.75) is 32.0 Å². The molecule has 21 heavy (non-hydrogen) atoms. The number of hydrogen-bond acceptors (Lipinski definition) is 4. The Hall–Kier alpha value is -2.18. The minimum atomic E-state index is -2.54. The molecule has 0 N–H and O–H groups in total. The molecular formula is C14H15F2NO4. The number of benzene rings is 1. The monoisotopic (exact) mass is 299 g/mol. The third-order valence-corrected chi connectivity index (χ3v) is 2.78. The third kappa shape index (κ3) is 3.12. The molecule has 1 amide bonds. The van der Waals surface area contributed by atoms with E-state index in [1.807, 2.05) is 0 Å². The molecule has 1 fully saturated rings. The third-order valence-electron chi connectivity index (χ3n) is 2.78. The van der Waals surface area contributed by atoms with Gasteiger partial charge in [0.25, 0.3) is 5.67 Å². The molecule has 1 heterocycles. The molecule has 1 aromatic rings. The number of hydroxylamine groups is 2. The fraction of sp³-hybridized carbons (Fsp3) is 0.429. The summed E-state index contributed by atoms with van der Waals surface area (Å²) in [4.78, 5) is 28.1. The zero-order chi connectivity index (χ0) is 15.8. The number of ether oxygens (including phenoxy) is 1. The smallest absolute Gasteiger partial charge is 0.442 e. The molecule has 1 aromatic carbocycles. The summed E-state index contributed by atoms with van der Waals surface area (Å²) in [6, 6.07) is 4.32. The van der Waals surface area contributed by atoms with E-state index in [9.17, 15) is 18.4 Å². The van der Waals surface area contributed by atoms with E-state index in [1.165, 1.54) is 0 Å². The van der Waals surface area contributed by atoms with E-state index < -0.39 is 35.7 Å². The topological polar surface area (TPSA) is 55.8 Å². The highest BCUT2D eigenvalue weighted by Crippen LogP contribution is 2.35. The Balaban J connectivity index is 2.19. The second kappa shape index (κ2) is 4.98. The lowest BCUT2D eigenvalue weighted by atomic mass is 9.96. The first-order valence-corrected chi connectivity index (χ1v) is 6.30. The molecule has 1 saturated heterocycles. The zero-order valence-electron chi connectivity index (χ0n) is 11.9. The molecule has 0 aromatic heterocycles. The fourth-order valence-corrected chi connectivity index (χ4v) is 1.81. The molecule has 0 unspecified atom stereocenters. The van der Waals surface area contributed by atoms with Gasteiger partial charge in [-0.3, -0.25) is 0 Å². The van der Waals surface area contributed by atoms with E-state index >= 15 is 0 Å². The second-order valence-electron chi connectivity index (χ2n) is 5.70. The second-order valence-corrected chi connectivity index (χ2v) is 5.70. The average Bonchev–Trinajstić information content (AvgIpc) is 2.66. The van der Waals surface area contributed by atoms with E-state index in [1.54, 1.807) is 20.8 Å². The van der Waals surface area contributed by atoms with Crippen molar-refractivity contribution >= 4 is 12.1 Å². The fourth-order valence-electron chi connectivity index (χ4n) is 1.81. The lowest BCUT2D eigenvalue weighted by Crippen LogP contribution is -2.36. The standard InChI is InChI=1S/C14H15F2NO4/c1-13(2,3)20-12(19)17-8-14(16,11(18)21-17)9-4-6-10(15)7-5-9/h4-7H,8H2,1-3H3/t14-/m1/s1. The largest absolute Gasteiger partial charge is 0.443 e. The van der Waals surface area contributed by atoms with Crippen molar-refractivity contribution < 1.29 is 27.9 Å². The maximum atomic E-state index is 14.8. The van der Waals surface area contributed by atoms with Gasteiger partial charge in [-0.25, -0.2) is 18.4 Å². The molecular weight excluding hydrogens is 284 g/mol. The first-order chi connectivity index (χ1) is 9.62. The molecule has 0 saturated carbocycles. The SMILES string of the molecule is CC(C)(C)OC(=O)N1C[C@@](F)(c2ccc(F)cc2)C(=O)O1. The summed E-state index contributed by atoms with van der Waals surface area (Å²) < 4.78 is 32.6. The van der Waals surface area contributed by atoms with Gasteiger partial charge in [-0.1, -0.05) is 12.1 Å². The molecule has 114 valence electrons. The summed E-state index contributed by atoms with van der Waals surface area (Å²) in [5.41, 5.74) is -3.43. The van der Waals surface area contributed by atoms with Crippen LogP contribution >= 0.6 is 0 Å². The molecule has 1 aliphatic heterocycles. The maximum Gasteiger partial charge on any atom is 0.443 e. The van der Waals surface area contributed by atoms with Crippen LogP contribution in [-0.4, -0.2) is 29.3 Å². The van der Waals surface area contributed by atoms with Crippen LogP contribution in [0.15, 0.2) is 24.3 Å². The number of halogens is 2. The molecule has 0 spiro atoms. The molecule has 0 bridgehead atoms. The maximum absolute atomic E-state index is 14.8. The quantitative estimate of drug-likeness (QED) is 0.800. The van der Waals surface area contributed by atoms with Gasteiger partial charge in [0.05, 0.1) is 0 Å². The number of nitrogens with zero attached hydrogens (tertiary/aromatic N) is 1. The predicted octanol–water partition coefficient (Wildman–Crippen LogP) is 2.70. The van der Waals surface area contributed by atoms with Crippen LogP contribution in [0.3, 0.4) is 0 Å². The lowest BCUT2D eigenvalue weighted by Gasteiger charge is -2.22. The summed E-state index contributed by atoms with van der Waals surface area (Å²) in [6.45, 7) is 4.24. The number of alkyl halides is 1. The van der Waals surface area contributed by atoms with Crippen molar-refractivity contribution in [3.8, 4) is 0 Å².